The van der Waals surface area contributed by atoms with Gasteiger partial charge in [-0.05, 0) is 43.0 Å². The molecule has 1 amide bonds. The van der Waals surface area contributed by atoms with Crippen molar-refractivity contribution < 1.29 is 9.18 Å². The van der Waals surface area contributed by atoms with Crippen molar-refractivity contribution in [2.75, 3.05) is 5.32 Å². The number of aryl methyl sites for hydroxylation is 1. The van der Waals surface area contributed by atoms with Gasteiger partial charge in [0.2, 0.25) is 0 Å². The fourth-order valence-corrected chi connectivity index (χ4v) is 4.52. The molecule has 9 heteroatoms. The van der Waals surface area contributed by atoms with Gasteiger partial charge in [-0.3, -0.25) is 9.59 Å². The Morgan fingerprint density at radius 1 is 1.09 bits per heavy atom. The van der Waals surface area contributed by atoms with E-state index in [9.17, 15) is 14.0 Å². The zero-order valence-corrected chi connectivity index (χ0v) is 19.8. The van der Waals surface area contributed by atoms with Crippen LogP contribution < -0.4 is 10.9 Å². The summed E-state index contributed by atoms with van der Waals surface area (Å²) in [6.45, 7) is 5.09. The van der Waals surface area contributed by atoms with E-state index in [1.54, 1.807) is 30.3 Å². The highest BCUT2D eigenvalue weighted by atomic mass is 19.1. The molecule has 3 heterocycles. The Morgan fingerprint density at radius 3 is 2.69 bits per heavy atom. The number of aromatic nitrogens is 5. The van der Waals surface area contributed by atoms with Crippen LogP contribution in [0.15, 0.2) is 47.3 Å². The van der Waals surface area contributed by atoms with Crippen molar-refractivity contribution in [3.63, 3.8) is 0 Å². The van der Waals surface area contributed by atoms with Crippen molar-refractivity contribution >= 4 is 22.4 Å². The van der Waals surface area contributed by atoms with Gasteiger partial charge < -0.3 is 9.88 Å². The largest absolute Gasteiger partial charge is 0.321 e. The van der Waals surface area contributed by atoms with Crippen LogP contribution >= 0.6 is 0 Å². The highest BCUT2D eigenvalue weighted by Gasteiger charge is 2.21. The molecule has 0 atom stereocenters. The molecule has 0 saturated carbocycles. The Morgan fingerprint density at radius 2 is 1.89 bits per heavy atom. The average Bonchev–Trinajstić information content (AvgIpc) is 3.09. The van der Waals surface area contributed by atoms with E-state index in [4.69, 9.17) is 0 Å². The van der Waals surface area contributed by atoms with E-state index in [1.807, 2.05) is 18.4 Å². The third kappa shape index (κ3) is 4.45. The maximum Gasteiger partial charge on any atom is 0.276 e. The van der Waals surface area contributed by atoms with Crippen molar-refractivity contribution in [2.45, 2.75) is 52.6 Å². The average molecular weight is 475 g/mol. The monoisotopic (exact) mass is 474 g/mol. The zero-order chi connectivity index (χ0) is 24.5. The fraction of sp³-hybridized carbons (Fsp3) is 0.346. The molecule has 1 aliphatic rings. The minimum absolute atomic E-state index is 0.142. The van der Waals surface area contributed by atoms with Gasteiger partial charge in [-0.15, -0.1) is 10.2 Å². The molecule has 35 heavy (non-hydrogen) atoms. The quantitative estimate of drug-likeness (QED) is 0.462. The Bertz CT molecular complexity index is 1470. The molecule has 0 bridgehead atoms. The van der Waals surface area contributed by atoms with E-state index in [0.717, 1.165) is 38.1 Å². The Kier molecular flexibility index (Phi) is 6.15. The number of hydrogen-bond acceptors (Lipinski definition) is 5. The molecular weight excluding hydrogens is 447 g/mol. The number of anilines is 1. The van der Waals surface area contributed by atoms with Gasteiger partial charge in [-0.25, -0.2) is 9.07 Å². The summed E-state index contributed by atoms with van der Waals surface area (Å²) in [7, 11) is 0. The van der Waals surface area contributed by atoms with E-state index in [-0.39, 0.29) is 22.7 Å². The third-order valence-corrected chi connectivity index (χ3v) is 6.20. The predicted octanol–water partition coefficient (Wildman–Crippen LogP) is 4.43. The lowest BCUT2D eigenvalue weighted by atomic mass is 10.1. The molecule has 1 aliphatic heterocycles. The number of amides is 1. The maximum absolute atomic E-state index is 14.8. The standard InChI is InChI=1S/C26H27FN6O2/c1-16(2)15-33-26(35)19-9-6-5-8-18(19)23(31-33)25(34)28-17-11-12-21(27)20(14-17)24-30-29-22-10-4-3-7-13-32(22)24/h5-6,8-9,11-12,14,16H,3-4,7,10,13,15H2,1-2H3,(H,28,34). The van der Waals surface area contributed by atoms with Crippen LogP contribution in [0.25, 0.3) is 22.2 Å². The molecular formula is C26H27FN6O2. The lowest BCUT2D eigenvalue weighted by molar-refractivity contribution is 0.102. The Labute approximate surface area is 201 Å². The van der Waals surface area contributed by atoms with Crippen LogP contribution in [0.4, 0.5) is 10.1 Å². The van der Waals surface area contributed by atoms with Gasteiger partial charge in [-0.1, -0.05) is 38.5 Å². The highest BCUT2D eigenvalue weighted by molar-refractivity contribution is 6.11. The lowest BCUT2D eigenvalue weighted by Gasteiger charge is -2.13. The molecule has 2 aromatic carbocycles. The van der Waals surface area contributed by atoms with Crippen LogP contribution in [-0.4, -0.2) is 30.5 Å². The summed E-state index contributed by atoms with van der Waals surface area (Å²) in [6, 6.07) is 11.3. The number of carbonyl (C=O) groups is 1. The molecule has 0 saturated heterocycles. The van der Waals surface area contributed by atoms with Crippen LogP contribution in [-0.2, 0) is 19.5 Å². The molecule has 0 fully saturated rings. The second-order valence-electron chi connectivity index (χ2n) is 9.33. The van der Waals surface area contributed by atoms with Crippen molar-refractivity contribution in [2.24, 2.45) is 5.92 Å². The summed E-state index contributed by atoms with van der Waals surface area (Å²) in [5.74, 6) is 0.585. The van der Waals surface area contributed by atoms with Gasteiger partial charge in [0.1, 0.15) is 11.6 Å². The first-order chi connectivity index (χ1) is 16.9. The second kappa shape index (κ2) is 9.40. The summed E-state index contributed by atoms with van der Waals surface area (Å²) in [5.41, 5.74) is 0.599. The predicted molar refractivity (Wildman–Crippen MR) is 132 cm³/mol. The lowest BCUT2D eigenvalue weighted by Crippen LogP contribution is -2.29. The molecule has 1 N–H and O–H groups in total. The summed E-state index contributed by atoms with van der Waals surface area (Å²) in [6.07, 6.45) is 3.94. The van der Waals surface area contributed by atoms with Gasteiger partial charge in [0.25, 0.3) is 11.5 Å². The van der Waals surface area contributed by atoms with Gasteiger partial charge in [0.05, 0.1) is 10.9 Å². The van der Waals surface area contributed by atoms with Crippen molar-refractivity contribution in [3.05, 3.63) is 70.2 Å². The molecule has 180 valence electrons. The zero-order valence-electron chi connectivity index (χ0n) is 19.8. The fourth-order valence-electron chi connectivity index (χ4n) is 4.52. The smallest absolute Gasteiger partial charge is 0.276 e. The molecule has 0 unspecified atom stereocenters. The number of rotatable bonds is 5. The van der Waals surface area contributed by atoms with E-state index >= 15 is 0 Å². The third-order valence-electron chi connectivity index (χ3n) is 6.20. The summed E-state index contributed by atoms with van der Waals surface area (Å²) in [5, 5.41) is 16.6. The van der Waals surface area contributed by atoms with E-state index in [0.29, 0.717) is 28.8 Å². The van der Waals surface area contributed by atoms with Crippen molar-refractivity contribution in [1.82, 2.24) is 24.5 Å². The molecule has 0 radical (unpaired) electrons. The molecule has 8 nitrogen and oxygen atoms in total. The van der Waals surface area contributed by atoms with Crippen LogP contribution in [0.1, 0.15) is 49.4 Å². The highest BCUT2D eigenvalue weighted by Crippen LogP contribution is 2.28. The van der Waals surface area contributed by atoms with Gasteiger partial charge in [0.15, 0.2) is 11.5 Å². The Hall–Kier alpha value is -3.88. The first-order valence-corrected chi connectivity index (χ1v) is 12.0. The Balaban J connectivity index is 1.52. The first-order valence-electron chi connectivity index (χ1n) is 12.0. The summed E-state index contributed by atoms with van der Waals surface area (Å²) < 4.78 is 18.2. The topological polar surface area (TPSA) is 94.7 Å². The second-order valence-corrected chi connectivity index (χ2v) is 9.33. The van der Waals surface area contributed by atoms with Gasteiger partial charge >= 0.3 is 0 Å². The SMILES string of the molecule is CC(C)Cn1nc(C(=O)Nc2ccc(F)c(-c3nnc4n3CCCCC4)c2)c2ccccc2c1=O. The van der Waals surface area contributed by atoms with Gasteiger partial charge in [-0.2, -0.15) is 5.10 Å². The number of halogens is 1. The maximum atomic E-state index is 14.8. The van der Waals surface area contributed by atoms with Gasteiger partial charge in [0, 0.05) is 30.6 Å². The van der Waals surface area contributed by atoms with Crippen LogP contribution in [0.5, 0.6) is 0 Å². The molecule has 5 rings (SSSR count). The number of hydrogen-bond donors (Lipinski definition) is 1. The van der Waals surface area contributed by atoms with Crippen LogP contribution in [0.3, 0.4) is 0 Å². The number of nitrogens with one attached hydrogen (secondary N) is 1. The van der Waals surface area contributed by atoms with E-state index < -0.39 is 11.7 Å². The first kappa shape index (κ1) is 22.9. The summed E-state index contributed by atoms with van der Waals surface area (Å²) >= 11 is 0. The molecule has 2 aromatic heterocycles. The number of carbonyl (C=O) groups excluding carboxylic acids is 1. The molecule has 4 aromatic rings. The number of nitrogens with zero attached hydrogens (tertiary/aromatic N) is 5. The van der Waals surface area contributed by atoms with E-state index in [1.165, 1.54) is 16.8 Å². The molecule has 0 aliphatic carbocycles. The van der Waals surface area contributed by atoms with Crippen molar-refractivity contribution in [3.8, 4) is 11.4 Å². The normalized spacial score (nSPS) is 13.6. The minimum atomic E-state index is -0.476. The van der Waals surface area contributed by atoms with Crippen LogP contribution in [0, 0.1) is 11.7 Å². The van der Waals surface area contributed by atoms with Crippen LogP contribution in [0.2, 0.25) is 0 Å². The number of benzene rings is 2. The summed E-state index contributed by atoms with van der Waals surface area (Å²) in [4.78, 5) is 26.2. The minimum Gasteiger partial charge on any atom is -0.321 e. The molecule has 0 spiro atoms. The number of fused-ring (bicyclic) bond motifs is 2. The van der Waals surface area contributed by atoms with E-state index in [2.05, 4.69) is 20.6 Å². The van der Waals surface area contributed by atoms with Crippen molar-refractivity contribution in [1.29, 1.82) is 0 Å².